The second-order valence-electron chi connectivity index (χ2n) is 2.90. The highest BCUT2D eigenvalue weighted by atomic mass is 32.2. The average molecular weight is 211 g/mol. The van der Waals surface area contributed by atoms with Gasteiger partial charge in [0.1, 0.15) is 0 Å². The maximum absolute atomic E-state index is 10.7. The molecule has 0 atom stereocenters. The predicted octanol–water partition coefficient (Wildman–Crippen LogP) is 1.50. The van der Waals surface area contributed by atoms with Crippen molar-refractivity contribution in [1.82, 2.24) is 4.98 Å². The molecule has 0 aromatic carbocycles. The Kier molecular flexibility index (Phi) is 2.53. The highest BCUT2D eigenvalue weighted by molar-refractivity contribution is 7.99. The molecule has 0 amide bonds. The Hall–Kier alpha value is -1.30. The molecule has 14 heavy (non-hydrogen) atoms. The van der Waals surface area contributed by atoms with Gasteiger partial charge >= 0.3 is 5.69 Å². The summed E-state index contributed by atoms with van der Waals surface area (Å²) in [6.45, 7) is 0.836. The van der Waals surface area contributed by atoms with Gasteiger partial charge in [-0.2, -0.15) is 0 Å². The van der Waals surface area contributed by atoms with E-state index in [-0.39, 0.29) is 10.6 Å². The summed E-state index contributed by atoms with van der Waals surface area (Å²) in [5.74, 6) is 2.29. The Morgan fingerprint density at radius 3 is 3.14 bits per heavy atom. The standard InChI is InChI=1S/C8H9N3O2S/c12-11(13)7-2-1-3-9-8(7)10-4-5-14-6-10/h1-3H,4-6H2. The Morgan fingerprint density at radius 1 is 1.64 bits per heavy atom. The van der Waals surface area contributed by atoms with Gasteiger partial charge < -0.3 is 4.90 Å². The number of rotatable bonds is 2. The van der Waals surface area contributed by atoms with E-state index >= 15 is 0 Å². The maximum atomic E-state index is 10.7. The molecular formula is C8H9N3O2S. The number of pyridine rings is 1. The minimum atomic E-state index is -0.384. The van der Waals surface area contributed by atoms with Crippen LogP contribution in [0.2, 0.25) is 0 Å². The lowest BCUT2D eigenvalue weighted by Gasteiger charge is -2.14. The zero-order valence-corrected chi connectivity index (χ0v) is 8.24. The van der Waals surface area contributed by atoms with E-state index in [0.29, 0.717) is 5.82 Å². The van der Waals surface area contributed by atoms with Crippen LogP contribution in [0.1, 0.15) is 0 Å². The number of hydrogen-bond donors (Lipinski definition) is 0. The summed E-state index contributed by atoms with van der Waals surface area (Å²) in [5.41, 5.74) is 0.0926. The molecule has 0 aliphatic carbocycles. The van der Waals surface area contributed by atoms with Gasteiger partial charge in [-0.1, -0.05) is 0 Å². The third kappa shape index (κ3) is 1.65. The molecule has 1 aromatic rings. The van der Waals surface area contributed by atoms with E-state index in [9.17, 15) is 10.1 Å². The SMILES string of the molecule is O=[N+]([O-])c1cccnc1N1CCSC1. The summed E-state index contributed by atoms with van der Waals surface area (Å²) in [6, 6.07) is 3.08. The van der Waals surface area contributed by atoms with E-state index in [0.717, 1.165) is 18.2 Å². The Balaban J connectivity index is 2.35. The van der Waals surface area contributed by atoms with Crippen molar-refractivity contribution >= 4 is 23.3 Å². The first-order chi connectivity index (χ1) is 6.79. The summed E-state index contributed by atoms with van der Waals surface area (Å²) in [7, 11) is 0. The molecule has 2 rings (SSSR count). The van der Waals surface area contributed by atoms with Crippen LogP contribution in [0.15, 0.2) is 18.3 Å². The van der Waals surface area contributed by atoms with Crippen LogP contribution in [0.4, 0.5) is 11.5 Å². The number of hydrogen-bond acceptors (Lipinski definition) is 5. The molecule has 0 bridgehead atoms. The van der Waals surface area contributed by atoms with E-state index in [2.05, 4.69) is 4.98 Å². The molecule has 1 aliphatic rings. The van der Waals surface area contributed by atoms with E-state index in [1.54, 1.807) is 24.0 Å². The first-order valence-corrected chi connectivity index (χ1v) is 5.36. The largest absolute Gasteiger partial charge is 0.341 e. The second-order valence-corrected chi connectivity index (χ2v) is 3.98. The fourth-order valence-electron chi connectivity index (χ4n) is 1.36. The molecule has 74 valence electrons. The summed E-state index contributed by atoms with van der Waals surface area (Å²) >= 11 is 1.76. The maximum Gasteiger partial charge on any atom is 0.311 e. The van der Waals surface area contributed by atoms with Gasteiger partial charge in [0.05, 0.1) is 10.8 Å². The predicted molar refractivity (Wildman–Crippen MR) is 55.6 cm³/mol. The Morgan fingerprint density at radius 2 is 2.50 bits per heavy atom. The lowest BCUT2D eigenvalue weighted by molar-refractivity contribution is -0.384. The molecule has 0 spiro atoms. The summed E-state index contributed by atoms with van der Waals surface area (Å²) in [4.78, 5) is 16.3. The van der Waals surface area contributed by atoms with Crippen LogP contribution in [-0.4, -0.2) is 28.1 Å². The molecule has 1 fully saturated rings. The van der Waals surface area contributed by atoms with Crippen molar-refractivity contribution in [3.63, 3.8) is 0 Å². The summed E-state index contributed by atoms with van der Waals surface area (Å²) in [5, 5.41) is 10.7. The van der Waals surface area contributed by atoms with Crippen molar-refractivity contribution < 1.29 is 4.92 Å². The first kappa shape index (κ1) is 9.26. The lowest BCUT2D eigenvalue weighted by Crippen LogP contribution is -2.20. The van der Waals surface area contributed by atoms with Crippen LogP contribution in [0.3, 0.4) is 0 Å². The van der Waals surface area contributed by atoms with E-state index in [4.69, 9.17) is 0 Å². The molecule has 6 heteroatoms. The molecule has 2 heterocycles. The summed E-state index contributed by atoms with van der Waals surface area (Å²) < 4.78 is 0. The van der Waals surface area contributed by atoms with Crippen molar-refractivity contribution in [1.29, 1.82) is 0 Å². The average Bonchev–Trinajstić information content (AvgIpc) is 2.70. The van der Waals surface area contributed by atoms with E-state index in [1.165, 1.54) is 6.07 Å². The fraction of sp³-hybridized carbons (Fsp3) is 0.375. The van der Waals surface area contributed by atoms with Gasteiger partial charge in [-0.25, -0.2) is 4.98 Å². The van der Waals surface area contributed by atoms with E-state index in [1.807, 2.05) is 4.90 Å². The zero-order valence-electron chi connectivity index (χ0n) is 7.42. The van der Waals surface area contributed by atoms with Crippen LogP contribution in [-0.2, 0) is 0 Å². The second kappa shape index (κ2) is 3.83. The van der Waals surface area contributed by atoms with Gasteiger partial charge in [0.15, 0.2) is 0 Å². The zero-order chi connectivity index (χ0) is 9.97. The van der Waals surface area contributed by atoms with Gasteiger partial charge in [-0.05, 0) is 6.07 Å². The third-order valence-corrected chi connectivity index (χ3v) is 2.98. The van der Waals surface area contributed by atoms with Crippen LogP contribution in [0.5, 0.6) is 0 Å². The van der Waals surface area contributed by atoms with Crippen molar-refractivity contribution in [2.45, 2.75) is 0 Å². The molecule has 1 aromatic heterocycles. The third-order valence-electron chi connectivity index (χ3n) is 2.01. The van der Waals surface area contributed by atoms with Gasteiger partial charge in [-0.15, -0.1) is 11.8 Å². The smallest absolute Gasteiger partial charge is 0.311 e. The minimum Gasteiger partial charge on any atom is -0.341 e. The number of nitrogens with zero attached hydrogens (tertiary/aromatic N) is 3. The quantitative estimate of drug-likeness (QED) is 0.548. The molecule has 0 unspecified atom stereocenters. The number of nitro groups is 1. The van der Waals surface area contributed by atoms with Crippen LogP contribution in [0.25, 0.3) is 0 Å². The molecule has 0 N–H and O–H groups in total. The highest BCUT2D eigenvalue weighted by Gasteiger charge is 2.22. The number of aromatic nitrogens is 1. The lowest BCUT2D eigenvalue weighted by atomic mass is 10.3. The van der Waals surface area contributed by atoms with Gasteiger partial charge in [0.2, 0.25) is 5.82 Å². The van der Waals surface area contributed by atoms with Gasteiger partial charge in [0, 0.05) is 24.6 Å². The molecule has 1 saturated heterocycles. The molecule has 1 aliphatic heterocycles. The van der Waals surface area contributed by atoms with Crippen molar-refractivity contribution in [3.05, 3.63) is 28.4 Å². The number of thioether (sulfide) groups is 1. The molecule has 5 nitrogen and oxygen atoms in total. The van der Waals surface area contributed by atoms with Crippen molar-refractivity contribution in [2.75, 3.05) is 23.1 Å². The fourth-order valence-corrected chi connectivity index (χ4v) is 2.31. The summed E-state index contributed by atoms with van der Waals surface area (Å²) in [6.07, 6.45) is 1.59. The monoisotopic (exact) mass is 211 g/mol. The molecule has 0 radical (unpaired) electrons. The highest BCUT2D eigenvalue weighted by Crippen LogP contribution is 2.28. The normalized spacial score (nSPS) is 15.9. The minimum absolute atomic E-state index is 0.0926. The molecule has 0 saturated carbocycles. The van der Waals surface area contributed by atoms with Crippen LogP contribution < -0.4 is 4.90 Å². The Labute approximate surface area is 85.3 Å². The van der Waals surface area contributed by atoms with Crippen LogP contribution in [0, 0.1) is 10.1 Å². The van der Waals surface area contributed by atoms with Crippen molar-refractivity contribution in [3.8, 4) is 0 Å². The van der Waals surface area contributed by atoms with E-state index < -0.39 is 0 Å². The number of anilines is 1. The van der Waals surface area contributed by atoms with Gasteiger partial charge in [0.25, 0.3) is 0 Å². The van der Waals surface area contributed by atoms with Crippen LogP contribution >= 0.6 is 11.8 Å². The topological polar surface area (TPSA) is 59.3 Å². The van der Waals surface area contributed by atoms with Crippen molar-refractivity contribution in [2.24, 2.45) is 0 Å². The van der Waals surface area contributed by atoms with Gasteiger partial charge in [-0.3, -0.25) is 10.1 Å². The first-order valence-electron chi connectivity index (χ1n) is 4.21. The molecular weight excluding hydrogens is 202 g/mol. The Bertz CT molecular complexity index is 352.